The molecule has 2 aromatic rings. The van der Waals surface area contributed by atoms with Crippen LogP contribution in [0.15, 0.2) is 28.9 Å². The Hall–Kier alpha value is -1.57. The summed E-state index contributed by atoms with van der Waals surface area (Å²) in [7, 11) is -3.53. The second-order valence-corrected chi connectivity index (χ2v) is 9.67. The molecule has 2 fully saturated rings. The molecule has 2 unspecified atom stereocenters. The van der Waals surface area contributed by atoms with E-state index < -0.39 is 10.2 Å². The van der Waals surface area contributed by atoms with Gasteiger partial charge in [-0.05, 0) is 62.9 Å². The molecule has 2 aliphatic rings. The van der Waals surface area contributed by atoms with Gasteiger partial charge in [0.1, 0.15) is 5.58 Å². The van der Waals surface area contributed by atoms with E-state index in [9.17, 15) is 8.42 Å². The highest BCUT2D eigenvalue weighted by atomic mass is 32.2. The first-order chi connectivity index (χ1) is 13.5. The lowest BCUT2D eigenvalue weighted by atomic mass is 9.82. The van der Waals surface area contributed by atoms with Gasteiger partial charge < -0.3 is 9.32 Å². The maximum atomic E-state index is 12.6. The van der Waals surface area contributed by atoms with Crippen LogP contribution in [0.1, 0.15) is 57.4 Å². The van der Waals surface area contributed by atoms with Crippen LogP contribution in [-0.4, -0.2) is 49.8 Å². The minimum atomic E-state index is -3.53. The SMILES string of the molecule is CCN(CC)S(=O)(=O)Nc1ccc2occ(C3CCN4CCCCC4C3)c2c1. The Kier molecular flexibility index (Phi) is 5.67. The zero-order chi connectivity index (χ0) is 19.7. The number of hydrogen-bond acceptors (Lipinski definition) is 4. The van der Waals surface area contributed by atoms with E-state index in [1.54, 1.807) is 6.07 Å². The molecular formula is C21H31N3O3S. The summed E-state index contributed by atoms with van der Waals surface area (Å²) in [5.41, 5.74) is 2.65. The second-order valence-electron chi connectivity index (χ2n) is 8.00. The summed E-state index contributed by atoms with van der Waals surface area (Å²) in [4.78, 5) is 2.64. The van der Waals surface area contributed by atoms with Gasteiger partial charge in [-0.3, -0.25) is 4.72 Å². The minimum Gasteiger partial charge on any atom is -0.464 e. The molecule has 0 spiro atoms. The van der Waals surface area contributed by atoms with Gasteiger partial charge in [0.2, 0.25) is 0 Å². The van der Waals surface area contributed by atoms with E-state index in [0.29, 0.717) is 30.7 Å². The highest BCUT2D eigenvalue weighted by Crippen LogP contribution is 2.39. The number of furan rings is 1. The highest BCUT2D eigenvalue weighted by Gasteiger charge is 2.32. The molecule has 28 heavy (non-hydrogen) atoms. The Morgan fingerprint density at radius 2 is 2.00 bits per heavy atom. The van der Waals surface area contributed by atoms with Gasteiger partial charge in [-0.1, -0.05) is 20.3 Å². The van der Waals surface area contributed by atoms with Crippen LogP contribution >= 0.6 is 0 Å². The molecule has 0 aliphatic carbocycles. The monoisotopic (exact) mass is 405 g/mol. The number of nitrogens with one attached hydrogen (secondary N) is 1. The highest BCUT2D eigenvalue weighted by molar-refractivity contribution is 7.90. The molecule has 0 bridgehead atoms. The predicted octanol–water partition coefficient (Wildman–Crippen LogP) is 4.16. The number of rotatable bonds is 6. The van der Waals surface area contributed by atoms with Crippen LogP contribution in [-0.2, 0) is 10.2 Å². The van der Waals surface area contributed by atoms with Gasteiger partial charge in [0, 0.05) is 30.1 Å². The van der Waals surface area contributed by atoms with E-state index in [1.165, 1.54) is 42.1 Å². The number of benzene rings is 1. The first-order valence-electron chi connectivity index (χ1n) is 10.5. The van der Waals surface area contributed by atoms with Crippen molar-refractivity contribution in [3.63, 3.8) is 0 Å². The van der Waals surface area contributed by atoms with Crippen molar-refractivity contribution in [2.75, 3.05) is 30.9 Å². The van der Waals surface area contributed by atoms with Crippen molar-refractivity contribution in [2.45, 2.75) is 57.9 Å². The first kappa shape index (κ1) is 19.7. The molecule has 1 aromatic heterocycles. The van der Waals surface area contributed by atoms with Gasteiger partial charge in [-0.15, -0.1) is 0 Å². The lowest BCUT2D eigenvalue weighted by Gasteiger charge is -2.42. The predicted molar refractivity (Wildman–Crippen MR) is 113 cm³/mol. The molecule has 2 aliphatic heterocycles. The van der Waals surface area contributed by atoms with E-state index in [0.717, 1.165) is 23.9 Å². The Labute approximate surface area is 168 Å². The van der Waals surface area contributed by atoms with Crippen LogP contribution in [0.25, 0.3) is 11.0 Å². The molecule has 2 saturated heterocycles. The van der Waals surface area contributed by atoms with Crippen LogP contribution in [0.3, 0.4) is 0 Å². The summed E-state index contributed by atoms with van der Waals surface area (Å²) in [5.74, 6) is 0.482. The summed E-state index contributed by atoms with van der Waals surface area (Å²) in [6, 6.07) is 6.26. The summed E-state index contributed by atoms with van der Waals surface area (Å²) in [5, 5.41) is 1.04. The number of hydrogen-bond donors (Lipinski definition) is 1. The second kappa shape index (κ2) is 8.05. The fourth-order valence-corrected chi connectivity index (χ4v) is 6.11. The smallest absolute Gasteiger partial charge is 0.301 e. The fourth-order valence-electron chi connectivity index (χ4n) is 4.88. The minimum absolute atomic E-state index is 0.449. The molecule has 4 rings (SSSR count). The molecule has 2 atom stereocenters. The molecule has 1 aromatic carbocycles. The van der Waals surface area contributed by atoms with Crippen molar-refractivity contribution >= 4 is 26.9 Å². The molecule has 3 heterocycles. The first-order valence-corrected chi connectivity index (χ1v) is 12.0. The summed E-state index contributed by atoms with van der Waals surface area (Å²) >= 11 is 0. The largest absolute Gasteiger partial charge is 0.464 e. The number of fused-ring (bicyclic) bond motifs is 2. The molecule has 7 heteroatoms. The Bertz CT molecular complexity index is 920. The molecule has 6 nitrogen and oxygen atoms in total. The maximum absolute atomic E-state index is 12.6. The van der Waals surface area contributed by atoms with E-state index in [-0.39, 0.29) is 0 Å². The zero-order valence-electron chi connectivity index (χ0n) is 16.9. The van der Waals surface area contributed by atoms with Gasteiger partial charge in [-0.25, -0.2) is 0 Å². The van der Waals surface area contributed by atoms with Crippen LogP contribution < -0.4 is 4.72 Å². The van der Waals surface area contributed by atoms with Gasteiger partial charge in [-0.2, -0.15) is 12.7 Å². The van der Waals surface area contributed by atoms with Crippen molar-refractivity contribution in [2.24, 2.45) is 0 Å². The van der Waals surface area contributed by atoms with E-state index in [4.69, 9.17) is 4.42 Å². The van der Waals surface area contributed by atoms with Crippen molar-refractivity contribution in [3.8, 4) is 0 Å². The Morgan fingerprint density at radius 3 is 2.79 bits per heavy atom. The molecule has 1 N–H and O–H groups in total. The third kappa shape index (κ3) is 3.80. The third-order valence-electron chi connectivity index (χ3n) is 6.41. The van der Waals surface area contributed by atoms with Crippen molar-refractivity contribution in [3.05, 3.63) is 30.0 Å². The molecule has 0 amide bonds. The molecule has 0 radical (unpaired) electrons. The Morgan fingerprint density at radius 1 is 1.18 bits per heavy atom. The summed E-state index contributed by atoms with van der Waals surface area (Å²) in [6.07, 6.45) is 8.14. The van der Waals surface area contributed by atoms with Crippen molar-refractivity contribution < 1.29 is 12.8 Å². The van der Waals surface area contributed by atoms with Gasteiger partial charge in [0.05, 0.1) is 12.0 Å². The average Bonchev–Trinajstić information content (AvgIpc) is 3.11. The standard InChI is InChI=1S/C21H31N3O3S/c1-3-24(4-2)28(25,26)22-17-8-9-21-19(14-17)20(15-27-21)16-10-12-23-11-6-5-7-18(23)13-16/h8-9,14-16,18,22H,3-7,10-13H2,1-2H3. The fraction of sp³-hybridized carbons (Fsp3) is 0.619. The lowest BCUT2D eigenvalue weighted by molar-refractivity contribution is 0.0975. The number of anilines is 1. The zero-order valence-corrected chi connectivity index (χ0v) is 17.7. The molecule has 0 saturated carbocycles. The maximum Gasteiger partial charge on any atom is 0.301 e. The van der Waals surface area contributed by atoms with Crippen LogP contribution in [0.2, 0.25) is 0 Å². The van der Waals surface area contributed by atoms with Gasteiger partial charge >= 0.3 is 10.2 Å². The normalized spacial score (nSPS) is 23.8. The van der Waals surface area contributed by atoms with Gasteiger partial charge in [0.25, 0.3) is 0 Å². The van der Waals surface area contributed by atoms with E-state index in [1.807, 2.05) is 32.2 Å². The van der Waals surface area contributed by atoms with Crippen LogP contribution in [0.4, 0.5) is 5.69 Å². The van der Waals surface area contributed by atoms with Crippen LogP contribution in [0, 0.1) is 0 Å². The summed E-state index contributed by atoms with van der Waals surface area (Å²) < 4.78 is 35.1. The number of piperidine rings is 2. The summed E-state index contributed by atoms with van der Waals surface area (Å²) in [6.45, 7) is 6.97. The number of nitrogens with zero attached hydrogens (tertiary/aromatic N) is 2. The topological polar surface area (TPSA) is 65.8 Å². The molecule has 154 valence electrons. The van der Waals surface area contributed by atoms with E-state index >= 15 is 0 Å². The Balaban J connectivity index is 1.58. The third-order valence-corrected chi connectivity index (χ3v) is 8.10. The van der Waals surface area contributed by atoms with Crippen molar-refractivity contribution in [1.29, 1.82) is 0 Å². The molecular weight excluding hydrogens is 374 g/mol. The van der Waals surface area contributed by atoms with Crippen LogP contribution in [0.5, 0.6) is 0 Å². The lowest BCUT2D eigenvalue weighted by Crippen LogP contribution is -2.44. The van der Waals surface area contributed by atoms with E-state index in [2.05, 4.69) is 9.62 Å². The average molecular weight is 406 g/mol. The van der Waals surface area contributed by atoms with Crippen molar-refractivity contribution in [1.82, 2.24) is 9.21 Å². The quantitative estimate of drug-likeness (QED) is 0.784. The van der Waals surface area contributed by atoms with Gasteiger partial charge in [0.15, 0.2) is 0 Å².